The van der Waals surface area contributed by atoms with Crippen molar-refractivity contribution in [1.29, 1.82) is 0 Å². The molecule has 0 radical (unpaired) electrons. The van der Waals surface area contributed by atoms with Gasteiger partial charge < -0.3 is 5.32 Å². The van der Waals surface area contributed by atoms with Crippen molar-refractivity contribution in [3.63, 3.8) is 0 Å². The second-order valence-electron chi connectivity index (χ2n) is 8.87. The number of nitrogens with zero attached hydrogens (tertiary/aromatic N) is 4. The van der Waals surface area contributed by atoms with Gasteiger partial charge in [0.25, 0.3) is 5.91 Å². The molecule has 5 rings (SSSR count). The van der Waals surface area contributed by atoms with E-state index in [0.29, 0.717) is 11.7 Å². The summed E-state index contributed by atoms with van der Waals surface area (Å²) in [6, 6.07) is 32.4. The molecular weight excluding hydrogens is 492 g/mol. The molecule has 1 aromatic heterocycles. The van der Waals surface area contributed by atoms with Crippen LogP contribution in [0.15, 0.2) is 107 Å². The number of anilines is 1. The first-order chi connectivity index (χ1) is 18.6. The molecule has 0 saturated heterocycles. The quantitative estimate of drug-likeness (QED) is 0.142. The average molecular weight is 521 g/mol. The molecule has 4 aromatic carbocycles. The monoisotopic (exact) mass is 520 g/mol. The molecule has 38 heavy (non-hydrogen) atoms. The van der Waals surface area contributed by atoms with Crippen molar-refractivity contribution in [3.8, 4) is 5.69 Å². The van der Waals surface area contributed by atoms with Crippen molar-refractivity contribution < 1.29 is 4.79 Å². The Bertz CT molecular complexity index is 1580. The van der Waals surface area contributed by atoms with Gasteiger partial charge in [-0.05, 0) is 60.5 Å². The van der Waals surface area contributed by atoms with E-state index in [-0.39, 0.29) is 11.7 Å². The van der Waals surface area contributed by atoms with Gasteiger partial charge in [0.2, 0.25) is 0 Å². The van der Waals surface area contributed by atoms with Crippen LogP contribution >= 0.6 is 11.8 Å². The van der Waals surface area contributed by atoms with E-state index in [0.717, 1.165) is 33.9 Å². The molecule has 7 nitrogen and oxygen atoms in total. The maximum atomic E-state index is 12.6. The third-order valence-electron chi connectivity index (χ3n) is 6.06. The number of carbonyl (C=O) groups is 1. The molecule has 0 aliphatic heterocycles. The topological polar surface area (TPSA) is 84.2 Å². The van der Waals surface area contributed by atoms with Gasteiger partial charge in [-0.3, -0.25) is 9.36 Å². The van der Waals surface area contributed by atoms with Crippen molar-refractivity contribution >= 4 is 39.8 Å². The highest BCUT2D eigenvalue weighted by Crippen LogP contribution is 2.23. The maximum Gasteiger partial charge on any atom is 0.250 e. The van der Waals surface area contributed by atoms with Gasteiger partial charge in [-0.2, -0.15) is 5.10 Å². The molecule has 2 N–H and O–H groups in total. The van der Waals surface area contributed by atoms with Crippen LogP contribution in [0.3, 0.4) is 0 Å². The summed E-state index contributed by atoms with van der Waals surface area (Å²) in [4.78, 5) is 12.6. The summed E-state index contributed by atoms with van der Waals surface area (Å²) < 4.78 is 1.97. The number of fused-ring (bicyclic) bond motifs is 1. The van der Waals surface area contributed by atoms with Gasteiger partial charge in [-0.15, -0.1) is 10.2 Å². The fourth-order valence-corrected chi connectivity index (χ4v) is 4.75. The first kappa shape index (κ1) is 25.2. The van der Waals surface area contributed by atoms with Crippen LogP contribution in [0.2, 0.25) is 0 Å². The Kier molecular flexibility index (Phi) is 7.80. The predicted molar refractivity (Wildman–Crippen MR) is 155 cm³/mol. The number of nitrogens with one attached hydrogen (secondary N) is 2. The van der Waals surface area contributed by atoms with E-state index < -0.39 is 0 Å². The molecule has 8 heteroatoms. The van der Waals surface area contributed by atoms with Crippen LogP contribution in [-0.2, 0) is 11.3 Å². The molecule has 1 amide bonds. The zero-order chi connectivity index (χ0) is 26.3. The third kappa shape index (κ3) is 6.10. The average Bonchev–Trinajstić information content (AvgIpc) is 3.37. The molecule has 0 bridgehead atoms. The molecule has 0 aliphatic rings. The summed E-state index contributed by atoms with van der Waals surface area (Å²) in [5.74, 6) is 0.701. The van der Waals surface area contributed by atoms with Crippen molar-refractivity contribution in [1.82, 2.24) is 20.2 Å². The van der Waals surface area contributed by atoms with E-state index >= 15 is 0 Å². The smallest absolute Gasteiger partial charge is 0.250 e. The lowest BCUT2D eigenvalue weighted by molar-refractivity contribution is -0.118. The van der Waals surface area contributed by atoms with Crippen LogP contribution in [0.25, 0.3) is 16.5 Å². The first-order valence-electron chi connectivity index (χ1n) is 12.3. The number of benzene rings is 4. The summed E-state index contributed by atoms with van der Waals surface area (Å²) in [5, 5.41) is 19.5. The van der Waals surface area contributed by atoms with E-state index in [1.165, 1.54) is 22.7 Å². The first-order valence-corrected chi connectivity index (χ1v) is 13.3. The van der Waals surface area contributed by atoms with Crippen LogP contribution in [0, 0.1) is 6.92 Å². The largest absolute Gasteiger partial charge is 0.378 e. The van der Waals surface area contributed by atoms with Crippen LogP contribution in [0.5, 0.6) is 0 Å². The van der Waals surface area contributed by atoms with Gasteiger partial charge in [-0.25, -0.2) is 5.43 Å². The van der Waals surface area contributed by atoms with E-state index in [2.05, 4.69) is 69.4 Å². The van der Waals surface area contributed by atoms with Gasteiger partial charge in [0.1, 0.15) is 0 Å². The van der Waals surface area contributed by atoms with Gasteiger partial charge in [0, 0.05) is 11.4 Å². The highest BCUT2D eigenvalue weighted by molar-refractivity contribution is 7.99. The summed E-state index contributed by atoms with van der Waals surface area (Å²) in [5.41, 5.74) is 7.53. The third-order valence-corrected chi connectivity index (χ3v) is 6.99. The number of rotatable bonds is 9. The van der Waals surface area contributed by atoms with Crippen molar-refractivity contribution in [2.75, 3.05) is 11.1 Å². The number of carbonyl (C=O) groups excluding carboxylic acids is 1. The highest BCUT2D eigenvalue weighted by Gasteiger charge is 2.16. The number of para-hydroxylation sites is 1. The molecule has 0 fully saturated rings. The van der Waals surface area contributed by atoms with E-state index in [9.17, 15) is 4.79 Å². The number of aromatic nitrogens is 3. The minimum absolute atomic E-state index is 0.158. The fraction of sp³-hybridized carbons (Fsp3) is 0.133. The fourth-order valence-electron chi connectivity index (χ4n) is 3.98. The Labute approximate surface area is 226 Å². The lowest BCUT2D eigenvalue weighted by Gasteiger charge is -2.11. The minimum Gasteiger partial charge on any atom is -0.378 e. The number of hydrogen-bond acceptors (Lipinski definition) is 6. The van der Waals surface area contributed by atoms with Crippen molar-refractivity contribution in [2.45, 2.75) is 25.5 Å². The van der Waals surface area contributed by atoms with Gasteiger partial charge in [0.05, 0.1) is 18.0 Å². The molecule has 0 aliphatic carbocycles. The number of aryl methyl sites for hydroxylation is 1. The maximum absolute atomic E-state index is 12.6. The summed E-state index contributed by atoms with van der Waals surface area (Å²) in [7, 11) is 0. The summed E-state index contributed by atoms with van der Waals surface area (Å²) >= 11 is 1.32. The van der Waals surface area contributed by atoms with Gasteiger partial charge in [0.15, 0.2) is 11.0 Å². The Morgan fingerprint density at radius 2 is 1.63 bits per heavy atom. The van der Waals surface area contributed by atoms with Gasteiger partial charge in [-0.1, -0.05) is 84.1 Å². The van der Waals surface area contributed by atoms with Crippen molar-refractivity contribution in [2.24, 2.45) is 5.10 Å². The SMILES string of the molecule is C/C(=N\NC(=O)CSc1nnc(CNc2ccc(C)cc2)n1-c1ccccc1)c1ccc2ccccc2c1. The molecule has 1 heterocycles. The molecule has 0 saturated carbocycles. The van der Waals surface area contributed by atoms with E-state index in [4.69, 9.17) is 0 Å². The standard InChI is InChI=1S/C30H28N6OS/c1-21-12-16-26(17-13-21)31-19-28-33-35-30(36(28)27-10-4-3-5-11-27)38-20-29(37)34-32-22(2)24-15-14-23-8-6-7-9-25(23)18-24/h3-18,31H,19-20H2,1-2H3,(H,34,37)/b32-22+. The predicted octanol–water partition coefficient (Wildman–Crippen LogP) is 5.97. The van der Waals surface area contributed by atoms with Crippen LogP contribution in [0.1, 0.15) is 23.9 Å². The molecule has 5 aromatic rings. The Balaban J connectivity index is 1.26. The molecule has 0 unspecified atom stereocenters. The Hall–Kier alpha value is -4.43. The van der Waals surface area contributed by atoms with Gasteiger partial charge >= 0.3 is 0 Å². The molecule has 0 spiro atoms. The number of hydrogen-bond donors (Lipinski definition) is 2. The molecule has 0 atom stereocenters. The zero-order valence-electron chi connectivity index (χ0n) is 21.3. The zero-order valence-corrected chi connectivity index (χ0v) is 22.1. The second kappa shape index (κ2) is 11.7. The second-order valence-corrected chi connectivity index (χ2v) is 9.81. The van der Waals surface area contributed by atoms with Crippen LogP contribution in [0.4, 0.5) is 5.69 Å². The molecular formula is C30H28N6OS. The van der Waals surface area contributed by atoms with Crippen LogP contribution in [-0.4, -0.2) is 32.1 Å². The molecule has 190 valence electrons. The lowest BCUT2D eigenvalue weighted by Crippen LogP contribution is -2.21. The lowest BCUT2D eigenvalue weighted by atomic mass is 10.0. The summed E-state index contributed by atoms with van der Waals surface area (Å²) in [6.07, 6.45) is 0. The normalized spacial score (nSPS) is 11.5. The Morgan fingerprint density at radius 3 is 2.42 bits per heavy atom. The number of hydrazone groups is 1. The van der Waals surface area contributed by atoms with Crippen molar-refractivity contribution in [3.05, 3.63) is 114 Å². The van der Waals surface area contributed by atoms with E-state index in [1.807, 2.05) is 72.2 Å². The number of amides is 1. The van der Waals surface area contributed by atoms with Crippen LogP contribution < -0.4 is 10.7 Å². The van der Waals surface area contributed by atoms with E-state index in [1.54, 1.807) is 0 Å². The minimum atomic E-state index is -0.211. The summed E-state index contributed by atoms with van der Waals surface area (Å²) in [6.45, 7) is 4.44. The Morgan fingerprint density at radius 1 is 0.895 bits per heavy atom. The number of thioether (sulfide) groups is 1. The highest BCUT2D eigenvalue weighted by atomic mass is 32.2.